The van der Waals surface area contributed by atoms with Crippen LogP contribution in [0.15, 0.2) is 18.2 Å². The number of rotatable bonds is 6. The van der Waals surface area contributed by atoms with Crippen LogP contribution in [0.5, 0.6) is 0 Å². The topological polar surface area (TPSA) is 41.1 Å². The largest absolute Gasteiger partial charge is 0.351 e. The smallest absolute Gasteiger partial charge is 0.251 e. The Labute approximate surface area is 101 Å². The Morgan fingerprint density at radius 1 is 1.29 bits per heavy atom. The van der Waals surface area contributed by atoms with Crippen molar-refractivity contribution in [3.05, 3.63) is 35.1 Å². The highest BCUT2D eigenvalue weighted by Crippen LogP contribution is 2.09. The van der Waals surface area contributed by atoms with E-state index in [4.69, 9.17) is 0 Å². The van der Waals surface area contributed by atoms with Gasteiger partial charge in [-0.25, -0.2) is 4.39 Å². The number of carbonyl (C=O) groups excluding carboxylic acids is 1. The van der Waals surface area contributed by atoms with Crippen LogP contribution in [0, 0.1) is 12.7 Å². The molecule has 0 aliphatic rings. The maximum atomic E-state index is 12.9. The van der Waals surface area contributed by atoms with Crippen molar-refractivity contribution >= 4 is 5.91 Å². The van der Waals surface area contributed by atoms with Gasteiger partial charge in [0.05, 0.1) is 0 Å². The fourth-order valence-electron chi connectivity index (χ4n) is 1.54. The van der Waals surface area contributed by atoms with Crippen molar-refractivity contribution in [3.8, 4) is 0 Å². The molecule has 1 rings (SSSR count). The molecular formula is C13H19FN2O. The Bertz CT molecular complexity index is 380. The number of hydrogen-bond acceptors (Lipinski definition) is 2. The summed E-state index contributed by atoms with van der Waals surface area (Å²) in [6, 6.07) is 4.18. The maximum Gasteiger partial charge on any atom is 0.251 e. The molecule has 1 amide bonds. The Balaban J connectivity index is 2.42. The van der Waals surface area contributed by atoms with E-state index >= 15 is 0 Å². The molecule has 0 saturated heterocycles. The summed E-state index contributed by atoms with van der Waals surface area (Å²) in [5.41, 5.74) is 1.19. The minimum atomic E-state index is -0.316. The number of halogens is 1. The average molecular weight is 238 g/mol. The summed E-state index contributed by atoms with van der Waals surface area (Å²) in [7, 11) is 0. The first-order chi connectivity index (χ1) is 8.15. The van der Waals surface area contributed by atoms with Gasteiger partial charge in [0.15, 0.2) is 0 Å². The molecule has 0 spiro atoms. The molecule has 2 N–H and O–H groups in total. The molecule has 0 fully saturated rings. The molecule has 4 heteroatoms. The van der Waals surface area contributed by atoms with Gasteiger partial charge in [-0.15, -0.1) is 0 Å². The molecule has 1 aromatic rings. The van der Waals surface area contributed by atoms with Gasteiger partial charge in [0, 0.05) is 18.7 Å². The Morgan fingerprint density at radius 2 is 2.06 bits per heavy atom. The Kier molecular flexibility index (Phi) is 5.63. The lowest BCUT2D eigenvalue weighted by molar-refractivity contribution is 0.0953. The third-order valence-corrected chi connectivity index (χ3v) is 2.45. The van der Waals surface area contributed by atoms with Crippen LogP contribution in [0.2, 0.25) is 0 Å². The van der Waals surface area contributed by atoms with Gasteiger partial charge in [0.25, 0.3) is 5.91 Å². The van der Waals surface area contributed by atoms with Crippen molar-refractivity contribution < 1.29 is 9.18 Å². The molecular weight excluding hydrogens is 219 g/mol. The van der Waals surface area contributed by atoms with Crippen molar-refractivity contribution in [1.82, 2.24) is 10.6 Å². The SMILES string of the molecule is CCCNCCNC(=O)c1ccc(F)cc1C. The van der Waals surface area contributed by atoms with Crippen molar-refractivity contribution in [3.63, 3.8) is 0 Å². The zero-order valence-corrected chi connectivity index (χ0v) is 10.3. The number of nitrogens with one attached hydrogen (secondary N) is 2. The molecule has 1 aromatic carbocycles. The van der Waals surface area contributed by atoms with Crippen LogP contribution < -0.4 is 10.6 Å². The van der Waals surface area contributed by atoms with Crippen LogP contribution in [0.3, 0.4) is 0 Å². The number of amides is 1. The monoisotopic (exact) mass is 238 g/mol. The van der Waals surface area contributed by atoms with Gasteiger partial charge in [-0.3, -0.25) is 4.79 Å². The molecule has 94 valence electrons. The molecule has 0 unspecified atom stereocenters. The van der Waals surface area contributed by atoms with Crippen LogP contribution >= 0.6 is 0 Å². The average Bonchev–Trinajstić information content (AvgIpc) is 2.28. The molecule has 0 radical (unpaired) electrons. The van der Waals surface area contributed by atoms with Gasteiger partial charge in [-0.1, -0.05) is 6.92 Å². The van der Waals surface area contributed by atoms with Crippen molar-refractivity contribution in [2.24, 2.45) is 0 Å². The third-order valence-electron chi connectivity index (χ3n) is 2.45. The second-order valence-corrected chi connectivity index (χ2v) is 3.97. The summed E-state index contributed by atoms with van der Waals surface area (Å²) >= 11 is 0. The minimum absolute atomic E-state index is 0.152. The highest BCUT2D eigenvalue weighted by Gasteiger charge is 2.08. The Hall–Kier alpha value is -1.42. The fourth-order valence-corrected chi connectivity index (χ4v) is 1.54. The third kappa shape index (κ3) is 4.53. The summed E-state index contributed by atoms with van der Waals surface area (Å²) in [6.07, 6.45) is 1.07. The first-order valence-corrected chi connectivity index (χ1v) is 5.90. The molecule has 0 aromatic heterocycles. The fraction of sp³-hybridized carbons (Fsp3) is 0.462. The van der Waals surface area contributed by atoms with Crippen LogP contribution in [0.25, 0.3) is 0 Å². The van der Waals surface area contributed by atoms with Gasteiger partial charge in [-0.05, 0) is 43.7 Å². The Morgan fingerprint density at radius 3 is 2.71 bits per heavy atom. The predicted octanol–water partition coefficient (Wildman–Crippen LogP) is 1.86. The first-order valence-electron chi connectivity index (χ1n) is 5.90. The van der Waals surface area contributed by atoms with E-state index in [0.29, 0.717) is 17.7 Å². The second-order valence-electron chi connectivity index (χ2n) is 3.97. The quantitative estimate of drug-likeness (QED) is 0.743. The second kappa shape index (κ2) is 7.01. The highest BCUT2D eigenvalue weighted by atomic mass is 19.1. The molecule has 0 saturated carbocycles. The van der Waals surface area contributed by atoms with E-state index in [1.165, 1.54) is 18.2 Å². The van der Waals surface area contributed by atoms with Crippen LogP contribution in [-0.4, -0.2) is 25.5 Å². The van der Waals surface area contributed by atoms with E-state index < -0.39 is 0 Å². The normalized spacial score (nSPS) is 10.3. The minimum Gasteiger partial charge on any atom is -0.351 e. The van der Waals surface area contributed by atoms with Gasteiger partial charge in [0.1, 0.15) is 5.82 Å². The van der Waals surface area contributed by atoms with Gasteiger partial charge >= 0.3 is 0 Å². The predicted molar refractivity (Wildman–Crippen MR) is 66.6 cm³/mol. The summed E-state index contributed by atoms with van der Waals surface area (Å²) < 4.78 is 12.9. The van der Waals surface area contributed by atoms with E-state index in [1.807, 2.05) is 0 Å². The molecule has 17 heavy (non-hydrogen) atoms. The summed E-state index contributed by atoms with van der Waals surface area (Å²) in [4.78, 5) is 11.7. The van der Waals surface area contributed by atoms with Gasteiger partial charge in [0.2, 0.25) is 0 Å². The van der Waals surface area contributed by atoms with E-state index in [1.54, 1.807) is 6.92 Å². The maximum absolute atomic E-state index is 12.9. The van der Waals surface area contributed by atoms with E-state index in [-0.39, 0.29) is 11.7 Å². The molecule has 0 aliphatic carbocycles. The number of hydrogen-bond donors (Lipinski definition) is 2. The first kappa shape index (κ1) is 13.6. The van der Waals surface area contributed by atoms with Crippen molar-refractivity contribution in [2.45, 2.75) is 20.3 Å². The van der Waals surface area contributed by atoms with Crippen LogP contribution in [-0.2, 0) is 0 Å². The summed E-state index contributed by atoms with van der Waals surface area (Å²) in [5.74, 6) is -0.468. The van der Waals surface area contributed by atoms with Gasteiger partial charge in [-0.2, -0.15) is 0 Å². The number of aryl methyl sites for hydroxylation is 1. The van der Waals surface area contributed by atoms with E-state index in [0.717, 1.165) is 19.5 Å². The van der Waals surface area contributed by atoms with E-state index in [9.17, 15) is 9.18 Å². The lowest BCUT2D eigenvalue weighted by Gasteiger charge is -2.08. The molecule has 3 nitrogen and oxygen atoms in total. The van der Waals surface area contributed by atoms with Gasteiger partial charge < -0.3 is 10.6 Å². The zero-order valence-electron chi connectivity index (χ0n) is 10.3. The number of benzene rings is 1. The van der Waals surface area contributed by atoms with Crippen LogP contribution in [0.1, 0.15) is 29.3 Å². The van der Waals surface area contributed by atoms with Crippen molar-refractivity contribution in [2.75, 3.05) is 19.6 Å². The summed E-state index contributed by atoms with van der Waals surface area (Å²) in [6.45, 7) is 6.10. The molecule has 0 aliphatic heterocycles. The lowest BCUT2D eigenvalue weighted by atomic mass is 10.1. The number of carbonyl (C=O) groups is 1. The van der Waals surface area contributed by atoms with Crippen molar-refractivity contribution in [1.29, 1.82) is 0 Å². The molecule has 0 heterocycles. The van der Waals surface area contributed by atoms with E-state index in [2.05, 4.69) is 17.6 Å². The molecule has 0 atom stereocenters. The highest BCUT2D eigenvalue weighted by molar-refractivity contribution is 5.95. The lowest BCUT2D eigenvalue weighted by Crippen LogP contribution is -2.32. The standard InChI is InChI=1S/C13H19FN2O/c1-3-6-15-7-8-16-13(17)12-5-4-11(14)9-10(12)2/h4-5,9,15H,3,6-8H2,1-2H3,(H,16,17). The van der Waals surface area contributed by atoms with Crippen LogP contribution in [0.4, 0.5) is 4.39 Å². The summed E-state index contributed by atoms with van der Waals surface area (Å²) in [5, 5.41) is 5.99. The molecule has 0 bridgehead atoms. The zero-order chi connectivity index (χ0) is 12.7.